The third-order valence-electron chi connectivity index (χ3n) is 5.25. The molecule has 3 rings (SSSR count). The van der Waals surface area contributed by atoms with E-state index in [0.29, 0.717) is 37.9 Å². The van der Waals surface area contributed by atoms with E-state index in [1.165, 1.54) is 4.90 Å². The Kier molecular flexibility index (Phi) is 6.56. The molecule has 2 heterocycles. The maximum atomic E-state index is 12.5. The van der Waals surface area contributed by atoms with E-state index in [4.69, 9.17) is 4.74 Å². The number of carbonyl (C=O) groups is 3. The van der Waals surface area contributed by atoms with Gasteiger partial charge >= 0.3 is 5.97 Å². The number of nitrogens with zero attached hydrogens (tertiary/aromatic N) is 2. The first kappa shape index (κ1) is 21.3. The Balaban J connectivity index is 1.57. The fourth-order valence-corrected chi connectivity index (χ4v) is 5.50. The van der Waals surface area contributed by atoms with Gasteiger partial charge in [-0.3, -0.25) is 9.59 Å². The van der Waals surface area contributed by atoms with E-state index >= 15 is 0 Å². The normalized spacial score (nSPS) is 20.7. The van der Waals surface area contributed by atoms with Gasteiger partial charge in [0, 0.05) is 31.2 Å². The average molecular weight is 423 g/mol. The summed E-state index contributed by atoms with van der Waals surface area (Å²) in [6.45, 7) is 2.57. The fraction of sp³-hybridized carbons (Fsp3) is 0.550. The van der Waals surface area contributed by atoms with E-state index in [1.54, 1.807) is 29.2 Å². The van der Waals surface area contributed by atoms with Crippen molar-refractivity contribution in [3.63, 3.8) is 0 Å². The predicted octanol–water partition coefficient (Wildman–Crippen LogP) is 1.40. The van der Waals surface area contributed by atoms with E-state index in [-0.39, 0.29) is 29.4 Å². The van der Waals surface area contributed by atoms with Crippen LogP contribution in [0.2, 0.25) is 0 Å². The summed E-state index contributed by atoms with van der Waals surface area (Å²) >= 11 is 0. The monoisotopic (exact) mass is 422 g/mol. The summed E-state index contributed by atoms with van der Waals surface area (Å²) in [6, 6.07) is 6.16. The molecule has 2 aliphatic heterocycles. The zero-order valence-electron chi connectivity index (χ0n) is 16.5. The van der Waals surface area contributed by atoms with Crippen LogP contribution in [0.1, 0.15) is 43.0 Å². The van der Waals surface area contributed by atoms with Crippen molar-refractivity contribution < 1.29 is 27.5 Å². The summed E-state index contributed by atoms with van der Waals surface area (Å²) in [5.41, 5.74) is 1.02. The summed E-state index contributed by atoms with van der Waals surface area (Å²) in [6.07, 6.45) is 2.45. The lowest BCUT2D eigenvalue weighted by Gasteiger charge is -2.27. The zero-order chi connectivity index (χ0) is 21.0. The molecule has 9 heteroatoms. The van der Waals surface area contributed by atoms with Gasteiger partial charge in [0.2, 0.25) is 5.91 Å². The molecule has 0 saturated carbocycles. The fourth-order valence-electron chi connectivity index (χ4n) is 3.77. The van der Waals surface area contributed by atoms with Crippen LogP contribution in [0.4, 0.5) is 5.69 Å². The number of sulfone groups is 1. The first-order chi connectivity index (χ1) is 13.8. The van der Waals surface area contributed by atoms with Crippen molar-refractivity contribution in [2.24, 2.45) is 0 Å². The van der Waals surface area contributed by atoms with E-state index < -0.39 is 22.4 Å². The van der Waals surface area contributed by atoms with Gasteiger partial charge in [-0.2, -0.15) is 0 Å². The smallest absolute Gasteiger partial charge is 0.338 e. The molecule has 0 aromatic heterocycles. The van der Waals surface area contributed by atoms with Crippen LogP contribution in [0.3, 0.4) is 0 Å². The quantitative estimate of drug-likeness (QED) is 0.616. The molecule has 158 valence electrons. The van der Waals surface area contributed by atoms with Gasteiger partial charge in [0.15, 0.2) is 16.4 Å². The van der Waals surface area contributed by atoms with Crippen LogP contribution in [-0.2, 0) is 24.2 Å². The standard InChI is InChI=1S/C20H26N2O6S/c1-2-10-21(17-9-12-29(26,27)14-17)19(24)13-28-20(25)15-5-7-16(8-6-15)22-11-3-4-18(22)23/h5-8,17H,2-4,9-14H2,1H3/t17-/m1/s1. The molecule has 2 aliphatic rings. The highest BCUT2D eigenvalue weighted by atomic mass is 32.2. The maximum Gasteiger partial charge on any atom is 0.338 e. The molecule has 0 bridgehead atoms. The molecular weight excluding hydrogens is 396 g/mol. The summed E-state index contributed by atoms with van der Waals surface area (Å²) in [7, 11) is -3.11. The SMILES string of the molecule is CCCN(C(=O)COC(=O)c1ccc(N2CCCC2=O)cc1)[C@@H]1CCS(=O)(=O)C1. The molecule has 29 heavy (non-hydrogen) atoms. The Hall–Kier alpha value is -2.42. The minimum Gasteiger partial charge on any atom is -0.452 e. The highest BCUT2D eigenvalue weighted by Gasteiger charge is 2.34. The van der Waals surface area contributed by atoms with Crippen molar-refractivity contribution in [1.82, 2.24) is 4.90 Å². The molecule has 0 unspecified atom stereocenters. The summed E-state index contributed by atoms with van der Waals surface area (Å²) in [5.74, 6) is -0.911. The molecular formula is C20H26N2O6S. The molecule has 0 radical (unpaired) electrons. The van der Waals surface area contributed by atoms with E-state index in [0.717, 1.165) is 12.1 Å². The summed E-state index contributed by atoms with van der Waals surface area (Å²) in [4.78, 5) is 39.8. The molecule has 2 saturated heterocycles. The Labute approximate surface area is 170 Å². The van der Waals surface area contributed by atoms with Gasteiger partial charge in [0.1, 0.15) is 0 Å². The van der Waals surface area contributed by atoms with Crippen LogP contribution in [0, 0.1) is 0 Å². The van der Waals surface area contributed by atoms with Crippen LogP contribution in [0.5, 0.6) is 0 Å². The number of hydrogen-bond acceptors (Lipinski definition) is 6. The molecule has 1 aromatic carbocycles. The molecule has 0 N–H and O–H groups in total. The molecule has 0 aliphatic carbocycles. The van der Waals surface area contributed by atoms with Crippen LogP contribution in [0.15, 0.2) is 24.3 Å². The van der Waals surface area contributed by atoms with Crippen molar-refractivity contribution in [1.29, 1.82) is 0 Å². The van der Waals surface area contributed by atoms with E-state index in [1.807, 2.05) is 6.92 Å². The first-order valence-corrected chi connectivity index (χ1v) is 11.7. The second kappa shape index (κ2) is 8.94. The highest BCUT2D eigenvalue weighted by Crippen LogP contribution is 2.22. The van der Waals surface area contributed by atoms with Gasteiger partial charge in [0.25, 0.3) is 5.91 Å². The van der Waals surface area contributed by atoms with Crippen molar-refractivity contribution in [3.05, 3.63) is 29.8 Å². The van der Waals surface area contributed by atoms with Crippen molar-refractivity contribution in [2.75, 3.05) is 36.1 Å². The van der Waals surface area contributed by atoms with Gasteiger partial charge in [-0.1, -0.05) is 6.92 Å². The lowest BCUT2D eigenvalue weighted by molar-refractivity contribution is -0.136. The number of carbonyl (C=O) groups excluding carboxylic acids is 3. The summed E-state index contributed by atoms with van der Waals surface area (Å²) < 4.78 is 28.6. The molecule has 2 amide bonds. The zero-order valence-corrected chi connectivity index (χ0v) is 17.3. The molecule has 1 aromatic rings. The number of esters is 1. The van der Waals surface area contributed by atoms with Crippen LogP contribution in [0.25, 0.3) is 0 Å². The topological polar surface area (TPSA) is 101 Å². The number of amides is 2. The van der Waals surface area contributed by atoms with Crippen LogP contribution >= 0.6 is 0 Å². The molecule has 1 atom stereocenters. The largest absolute Gasteiger partial charge is 0.452 e. The molecule has 0 spiro atoms. The van der Waals surface area contributed by atoms with Gasteiger partial charge < -0.3 is 14.5 Å². The Bertz CT molecular complexity index is 881. The van der Waals surface area contributed by atoms with Crippen LogP contribution in [-0.4, -0.2) is 68.3 Å². The number of ether oxygens (including phenoxy) is 1. The number of rotatable bonds is 7. The third kappa shape index (κ3) is 5.14. The Morgan fingerprint density at radius 2 is 1.97 bits per heavy atom. The summed E-state index contributed by atoms with van der Waals surface area (Å²) in [5, 5.41) is 0. The van der Waals surface area contributed by atoms with Gasteiger partial charge in [-0.05, 0) is 43.5 Å². The minimum atomic E-state index is -3.11. The minimum absolute atomic E-state index is 0.0383. The van der Waals surface area contributed by atoms with Gasteiger partial charge in [-0.15, -0.1) is 0 Å². The van der Waals surface area contributed by atoms with Crippen molar-refractivity contribution in [2.45, 2.75) is 38.6 Å². The number of hydrogen-bond donors (Lipinski definition) is 0. The maximum absolute atomic E-state index is 12.5. The first-order valence-electron chi connectivity index (χ1n) is 9.88. The number of anilines is 1. The highest BCUT2D eigenvalue weighted by molar-refractivity contribution is 7.91. The van der Waals surface area contributed by atoms with Gasteiger partial charge in [0.05, 0.1) is 17.1 Å². The second-order valence-electron chi connectivity index (χ2n) is 7.42. The van der Waals surface area contributed by atoms with Gasteiger partial charge in [-0.25, -0.2) is 13.2 Å². The van der Waals surface area contributed by atoms with Crippen molar-refractivity contribution >= 4 is 33.3 Å². The Morgan fingerprint density at radius 3 is 2.52 bits per heavy atom. The molecule has 2 fully saturated rings. The van der Waals surface area contributed by atoms with Crippen LogP contribution < -0.4 is 4.90 Å². The average Bonchev–Trinajstić information content (AvgIpc) is 3.28. The third-order valence-corrected chi connectivity index (χ3v) is 7.00. The van der Waals surface area contributed by atoms with E-state index in [9.17, 15) is 22.8 Å². The van der Waals surface area contributed by atoms with Crippen molar-refractivity contribution in [3.8, 4) is 0 Å². The lowest BCUT2D eigenvalue weighted by atomic mass is 10.2. The molecule has 8 nitrogen and oxygen atoms in total. The second-order valence-corrected chi connectivity index (χ2v) is 9.64. The predicted molar refractivity (Wildman–Crippen MR) is 107 cm³/mol. The lowest BCUT2D eigenvalue weighted by Crippen LogP contribution is -2.43. The van der Waals surface area contributed by atoms with E-state index in [2.05, 4.69) is 0 Å². The number of benzene rings is 1. The Morgan fingerprint density at radius 1 is 1.24 bits per heavy atom.